The molecule has 0 spiro atoms. The standard InChI is InChI=1S/C25H22N2O4S/c1-15-23(16-8-10-20(30-2)11-9-16)24(31-27-15)21-13-17(12-19(28)14-22(21)29)25(32)26-18-6-4-3-5-7-18/h3-14,17,28-29H,1-2H3,(H,26,32). The van der Waals surface area contributed by atoms with E-state index in [1.165, 1.54) is 6.08 Å². The van der Waals surface area contributed by atoms with Crippen molar-refractivity contribution in [2.45, 2.75) is 6.92 Å². The van der Waals surface area contributed by atoms with Gasteiger partial charge in [-0.05, 0) is 42.8 Å². The van der Waals surface area contributed by atoms with Crippen molar-refractivity contribution >= 4 is 28.5 Å². The molecule has 1 atom stereocenters. The van der Waals surface area contributed by atoms with Crippen LogP contribution in [0.1, 0.15) is 11.5 Å². The van der Waals surface area contributed by atoms with Crippen LogP contribution in [-0.4, -0.2) is 27.5 Å². The summed E-state index contributed by atoms with van der Waals surface area (Å²) in [5, 5.41) is 28.3. The Balaban J connectivity index is 1.74. The summed E-state index contributed by atoms with van der Waals surface area (Å²) in [5.41, 5.74) is 3.48. The molecular formula is C25H22N2O4S. The topological polar surface area (TPSA) is 87.8 Å². The molecule has 3 N–H and O–H groups in total. The van der Waals surface area contributed by atoms with E-state index in [0.717, 1.165) is 22.6 Å². The Morgan fingerprint density at radius 3 is 2.47 bits per heavy atom. The average molecular weight is 447 g/mol. The number of thiocarbonyl (C=S) groups is 1. The van der Waals surface area contributed by atoms with Gasteiger partial charge >= 0.3 is 0 Å². The van der Waals surface area contributed by atoms with E-state index in [9.17, 15) is 10.2 Å². The molecule has 1 aliphatic carbocycles. The number of anilines is 1. The number of aromatic nitrogens is 1. The molecule has 0 saturated carbocycles. The number of aliphatic hydroxyl groups is 2. The van der Waals surface area contributed by atoms with Crippen LogP contribution in [0.3, 0.4) is 0 Å². The van der Waals surface area contributed by atoms with Gasteiger partial charge in [-0.2, -0.15) is 0 Å². The molecule has 3 aromatic rings. The molecule has 0 amide bonds. The van der Waals surface area contributed by atoms with Gasteiger partial charge in [-0.1, -0.05) is 53.8 Å². The third-order valence-electron chi connectivity index (χ3n) is 5.09. The van der Waals surface area contributed by atoms with Gasteiger partial charge in [-0.25, -0.2) is 0 Å². The molecule has 2 aromatic carbocycles. The third kappa shape index (κ3) is 4.43. The zero-order chi connectivity index (χ0) is 22.7. The average Bonchev–Trinajstić information content (AvgIpc) is 3.10. The lowest BCUT2D eigenvalue weighted by Crippen LogP contribution is -2.18. The van der Waals surface area contributed by atoms with Gasteiger partial charge in [-0.15, -0.1) is 0 Å². The monoisotopic (exact) mass is 446 g/mol. The molecule has 0 aliphatic heterocycles. The number of hydrogen-bond acceptors (Lipinski definition) is 6. The van der Waals surface area contributed by atoms with E-state index in [0.29, 0.717) is 22.0 Å². The van der Waals surface area contributed by atoms with Gasteiger partial charge in [0.2, 0.25) is 0 Å². The number of methoxy groups -OCH3 is 1. The number of aryl methyl sites for hydroxylation is 1. The van der Waals surface area contributed by atoms with Gasteiger partial charge in [-0.3, -0.25) is 0 Å². The second-order valence-corrected chi connectivity index (χ2v) is 7.72. The third-order valence-corrected chi connectivity index (χ3v) is 5.46. The summed E-state index contributed by atoms with van der Waals surface area (Å²) >= 11 is 5.59. The maximum Gasteiger partial charge on any atom is 0.178 e. The summed E-state index contributed by atoms with van der Waals surface area (Å²) in [7, 11) is 1.61. The van der Waals surface area contributed by atoms with Gasteiger partial charge in [0.1, 0.15) is 17.3 Å². The molecule has 162 valence electrons. The van der Waals surface area contributed by atoms with E-state index >= 15 is 0 Å². The molecule has 0 radical (unpaired) electrons. The first kappa shape index (κ1) is 21.4. The van der Waals surface area contributed by atoms with E-state index in [1.54, 1.807) is 19.3 Å². The summed E-state index contributed by atoms with van der Waals surface area (Å²) in [6.45, 7) is 1.83. The predicted octanol–water partition coefficient (Wildman–Crippen LogP) is 6.00. The van der Waals surface area contributed by atoms with Crippen molar-refractivity contribution in [2.24, 2.45) is 5.92 Å². The number of nitrogens with zero attached hydrogens (tertiary/aromatic N) is 1. The summed E-state index contributed by atoms with van der Waals surface area (Å²) in [5.74, 6) is 0.382. The molecule has 4 rings (SSSR count). The maximum absolute atomic E-state index is 10.7. The van der Waals surface area contributed by atoms with Crippen molar-refractivity contribution in [2.75, 3.05) is 12.4 Å². The fourth-order valence-corrected chi connectivity index (χ4v) is 3.76. The molecule has 1 aromatic heterocycles. The largest absolute Gasteiger partial charge is 0.508 e. The molecule has 1 unspecified atom stereocenters. The highest BCUT2D eigenvalue weighted by atomic mass is 32.1. The number of para-hydroxylation sites is 1. The first-order valence-electron chi connectivity index (χ1n) is 9.97. The minimum Gasteiger partial charge on any atom is -0.508 e. The van der Waals surface area contributed by atoms with Crippen molar-refractivity contribution < 1.29 is 19.5 Å². The van der Waals surface area contributed by atoms with E-state index in [2.05, 4.69) is 10.5 Å². The van der Waals surface area contributed by atoms with Crippen molar-refractivity contribution in [3.8, 4) is 16.9 Å². The highest BCUT2D eigenvalue weighted by molar-refractivity contribution is 7.80. The van der Waals surface area contributed by atoms with Crippen LogP contribution in [0.4, 0.5) is 5.69 Å². The minimum absolute atomic E-state index is 0.0989. The fourth-order valence-electron chi connectivity index (χ4n) is 3.50. The Hall–Kier alpha value is -3.84. The highest BCUT2D eigenvalue weighted by Crippen LogP contribution is 2.37. The maximum atomic E-state index is 10.7. The van der Waals surface area contributed by atoms with Crippen LogP contribution in [-0.2, 0) is 0 Å². The van der Waals surface area contributed by atoms with Crippen LogP contribution >= 0.6 is 12.2 Å². The summed E-state index contributed by atoms with van der Waals surface area (Å²) < 4.78 is 10.9. The van der Waals surface area contributed by atoms with Gasteiger partial charge in [0.25, 0.3) is 0 Å². The van der Waals surface area contributed by atoms with Crippen LogP contribution in [0.2, 0.25) is 0 Å². The molecule has 0 fully saturated rings. The van der Waals surface area contributed by atoms with E-state index < -0.39 is 5.92 Å². The van der Waals surface area contributed by atoms with Crippen molar-refractivity contribution in [1.82, 2.24) is 5.16 Å². The Morgan fingerprint density at radius 2 is 1.78 bits per heavy atom. The lowest BCUT2D eigenvalue weighted by atomic mass is 9.96. The van der Waals surface area contributed by atoms with Crippen LogP contribution in [0, 0.1) is 12.8 Å². The number of hydrogen-bond donors (Lipinski definition) is 3. The first-order valence-corrected chi connectivity index (χ1v) is 10.4. The first-order chi connectivity index (χ1) is 15.5. The van der Waals surface area contributed by atoms with Gasteiger partial charge in [0.05, 0.1) is 34.8 Å². The Kier molecular flexibility index (Phi) is 6.09. The zero-order valence-electron chi connectivity index (χ0n) is 17.6. The quantitative estimate of drug-likeness (QED) is 0.415. The molecule has 0 saturated heterocycles. The number of rotatable bonds is 5. The molecule has 7 heteroatoms. The Labute approximate surface area is 191 Å². The summed E-state index contributed by atoms with van der Waals surface area (Å²) in [4.78, 5) is 0.464. The van der Waals surface area contributed by atoms with Gasteiger partial charge < -0.3 is 24.8 Å². The zero-order valence-corrected chi connectivity index (χ0v) is 18.4. The Morgan fingerprint density at radius 1 is 1.06 bits per heavy atom. The van der Waals surface area contributed by atoms with Crippen molar-refractivity contribution in [3.05, 3.63) is 95.8 Å². The predicted molar refractivity (Wildman–Crippen MR) is 129 cm³/mol. The molecule has 32 heavy (non-hydrogen) atoms. The van der Waals surface area contributed by atoms with Crippen LogP contribution < -0.4 is 10.1 Å². The van der Waals surface area contributed by atoms with E-state index in [4.69, 9.17) is 21.5 Å². The minimum atomic E-state index is -0.491. The molecule has 1 heterocycles. The highest BCUT2D eigenvalue weighted by Gasteiger charge is 2.25. The van der Waals surface area contributed by atoms with E-state index in [-0.39, 0.29) is 11.5 Å². The van der Waals surface area contributed by atoms with Crippen LogP contribution in [0.25, 0.3) is 16.7 Å². The lowest BCUT2D eigenvalue weighted by molar-refractivity contribution is 0.389. The second kappa shape index (κ2) is 9.11. The molecular weight excluding hydrogens is 424 g/mol. The lowest BCUT2D eigenvalue weighted by Gasteiger charge is -2.14. The Bertz CT molecular complexity index is 1220. The molecule has 1 aliphatic rings. The van der Waals surface area contributed by atoms with Gasteiger partial charge in [0.15, 0.2) is 5.76 Å². The number of nitrogens with one attached hydrogen (secondary N) is 1. The number of aliphatic hydroxyl groups excluding tert-OH is 2. The fraction of sp³-hybridized carbons (Fsp3) is 0.120. The number of benzene rings is 2. The van der Waals surface area contributed by atoms with Crippen LogP contribution in [0.15, 0.2) is 88.9 Å². The smallest absolute Gasteiger partial charge is 0.178 e. The summed E-state index contributed by atoms with van der Waals surface area (Å²) in [6.07, 6.45) is 4.59. The molecule has 0 bridgehead atoms. The molecule has 6 nitrogen and oxygen atoms in total. The van der Waals surface area contributed by atoms with Crippen LogP contribution in [0.5, 0.6) is 5.75 Å². The second-order valence-electron chi connectivity index (χ2n) is 7.28. The van der Waals surface area contributed by atoms with Crippen molar-refractivity contribution in [1.29, 1.82) is 0 Å². The SMILES string of the molecule is COc1ccc(-c2c(C)noc2C2=CC(C(=S)Nc3ccccc3)C=C(O)C=C2O)cc1. The normalized spacial score (nSPS) is 15.8. The number of allylic oxidation sites excluding steroid dienone is 2. The summed E-state index contributed by atoms with van der Waals surface area (Å²) in [6, 6.07) is 17.0. The van der Waals surface area contributed by atoms with Gasteiger partial charge in [0, 0.05) is 11.8 Å². The van der Waals surface area contributed by atoms with E-state index in [1.807, 2.05) is 61.5 Å². The van der Waals surface area contributed by atoms with Crippen molar-refractivity contribution in [3.63, 3.8) is 0 Å². The number of ether oxygens (including phenoxy) is 1.